The second-order valence-electron chi connectivity index (χ2n) is 3.81. The minimum atomic E-state index is -3.79. The van der Waals surface area contributed by atoms with Crippen LogP contribution in [-0.4, -0.2) is 24.5 Å². The van der Waals surface area contributed by atoms with Crippen LogP contribution in [0.3, 0.4) is 0 Å². The van der Waals surface area contributed by atoms with Crippen LogP contribution >= 0.6 is 11.3 Å². The summed E-state index contributed by atoms with van der Waals surface area (Å²) in [4.78, 5) is 14.5. The number of sulfonamides is 1. The number of nitrogens with zero attached hydrogens (tertiary/aromatic N) is 1. The van der Waals surface area contributed by atoms with Gasteiger partial charge in [-0.1, -0.05) is 0 Å². The Kier molecular flexibility index (Phi) is 3.54. The van der Waals surface area contributed by atoms with E-state index in [0.717, 1.165) is 23.0 Å². The number of carboxylic acid groups (broad SMARTS) is 1. The molecule has 0 radical (unpaired) electrons. The first-order valence-corrected chi connectivity index (χ1v) is 7.51. The number of rotatable bonds is 4. The minimum absolute atomic E-state index is 0.0252. The van der Waals surface area contributed by atoms with Gasteiger partial charge >= 0.3 is 5.97 Å². The third kappa shape index (κ3) is 3.09. The number of aryl methyl sites for hydroxylation is 1. The molecule has 0 spiro atoms. The lowest BCUT2D eigenvalue weighted by Crippen LogP contribution is -2.12. The number of pyridine rings is 1. The van der Waals surface area contributed by atoms with Crippen molar-refractivity contribution in [1.82, 2.24) is 4.98 Å². The molecule has 19 heavy (non-hydrogen) atoms. The topological polar surface area (TPSA) is 96.4 Å². The molecule has 0 aliphatic heterocycles. The number of thiophene rings is 1. The standard InChI is InChI=1S/C11H10N2O4S2/c1-7-2-8(5-12-4-7)13-19(16,17)9-3-10(11(14)15)18-6-9/h2-6,13H,1H3,(H,14,15). The highest BCUT2D eigenvalue weighted by Gasteiger charge is 2.18. The summed E-state index contributed by atoms with van der Waals surface area (Å²) in [5.41, 5.74) is 1.15. The van der Waals surface area contributed by atoms with Gasteiger partial charge in [0.25, 0.3) is 10.0 Å². The molecule has 2 rings (SSSR count). The highest BCUT2D eigenvalue weighted by Crippen LogP contribution is 2.22. The Morgan fingerprint density at radius 3 is 2.68 bits per heavy atom. The lowest BCUT2D eigenvalue weighted by molar-refractivity contribution is 0.0702. The third-order valence-corrected chi connectivity index (χ3v) is 4.65. The van der Waals surface area contributed by atoms with Crippen LogP contribution in [0.1, 0.15) is 15.2 Å². The first kappa shape index (κ1) is 13.5. The molecule has 2 heterocycles. The third-order valence-electron chi connectivity index (χ3n) is 2.22. The van der Waals surface area contributed by atoms with Crippen molar-refractivity contribution in [1.29, 1.82) is 0 Å². The van der Waals surface area contributed by atoms with Crippen LogP contribution in [-0.2, 0) is 10.0 Å². The van der Waals surface area contributed by atoms with Crippen molar-refractivity contribution < 1.29 is 18.3 Å². The average Bonchev–Trinajstić information content (AvgIpc) is 2.78. The van der Waals surface area contributed by atoms with Crippen LogP contribution in [0.5, 0.6) is 0 Å². The fourth-order valence-corrected chi connectivity index (χ4v) is 3.54. The fraction of sp³-hybridized carbons (Fsp3) is 0.0909. The average molecular weight is 298 g/mol. The SMILES string of the molecule is Cc1cncc(NS(=O)(=O)c2csc(C(=O)O)c2)c1. The van der Waals surface area contributed by atoms with E-state index in [4.69, 9.17) is 5.11 Å². The molecule has 6 nitrogen and oxygen atoms in total. The highest BCUT2D eigenvalue weighted by atomic mass is 32.2. The second-order valence-corrected chi connectivity index (χ2v) is 6.40. The van der Waals surface area contributed by atoms with Crippen molar-refractivity contribution in [3.05, 3.63) is 40.3 Å². The predicted molar refractivity (Wildman–Crippen MR) is 71.1 cm³/mol. The number of hydrogen-bond donors (Lipinski definition) is 2. The molecule has 0 atom stereocenters. The van der Waals surface area contributed by atoms with Crippen molar-refractivity contribution in [2.24, 2.45) is 0 Å². The van der Waals surface area contributed by atoms with Crippen LogP contribution in [0.15, 0.2) is 34.8 Å². The summed E-state index contributed by atoms with van der Waals surface area (Å²) >= 11 is 0.864. The highest BCUT2D eigenvalue weighted by molar-refractivity contribution is 7.92. The van der Waals surface area contributed by atoms with Gasteiger partial charge in [-0.05, 0) is 24.6 Å². The number of aromatic carboxylic acids is 1. The zero-order valence-electron chi connectivity index (χ0n) is 9.82. The second kappa shape index (κ2) is 4.98. The van der Waals surface area contributed by atoms with Crippen LogP contribution in [0.25, 0.3) is 0 Å². The van der Waals surface area contributed by atoms with Crippen LogP contribution in [0, 0.1) is 6.92 Å². The molecule has 0 aliphatic rings. The van der Waals surface area contributed by atoms with E-state index in [1.165, 1.54) is 11.6 Å². The lowest BCUT2D eigenvalue weighted by atomic mass is 10.3. The van der Waals surface area contributed by atoms with Crippen molar-refractivity contribution in [3.63, 3.8) is 0 Å². The Labute approximate surface area is 113 Å². The fourth-order valence-electron chi connectivity index (χ4n) is 1.40. The number of anilines is 1. The first-order valence-electron chi connectivity index (χ1n) is 5.15. The molecule has 0 amide bonds. The number of hydrogen-bond acceptors (Lipinski definition) is 5. The summed E-state index contributed by atoms with van der Waals surface area (Å²) in [7, 11) is -3.79. The molecular weight excluding hydrogens is 288 g/mol. The summed E-state index contributed by atoms with van der Waals surface area (Å²) in [5.74, 6) is -1.15. The maximum atomic E-state index is 12.0. The Morgan fingerprint density at radius 1 is 1.37 bits per heavy atom. The van der Waals surface area contributed by atoms with E-state index in [0.29, 0.717) is 5.69 Å². The Balaban J connectivity index is 2.29. The van der Waals surface area contributed by atoms with Crippen molar-refractivity contribution in [3.8, 4) is 0 Å². The van der Waals surface area contributed by atoms with Gasteiger partial charge in [0.1, 0.15) is 4.88 Å². The summed E-state index contributed by atoms with van der Waals surface area (Å²) < 4.78 is 26.4. The first-order chi connectivity index (χ1) is 8.88. The van der Waals surface area contributed by atoms with Gasteiger partial charge in [-0.3, -0.25) is 9.71 Å². The van der Waals surface area contributed by atoms with Crippen molar-refractivity contribution >= 4 is 33.0 Å². The van der Waals surface area contributed by atoms with E-state index in [1.54, 1.807) is 19.2 Å². The molecule has 0 bridgehead atoms. The lowest BCUT2D eigenvalue weighted by Gasteiger charge is -2.06. The predicted octanol–water partition coefficient (Wildman–Crippen LogP) is 1.95. The quantitative estimate of drug-likeness (QED) is 0.899. The van der Waals surface area contributed by atoms with E-state index in [9.17, 15) is 13.2 Å². The van der Waals surface area contributed by atoms with Gasteiger partial charge in [-0.15, -0.1) is 11.3 Å². The van der Waals surface area contributed by atoms with Crippen LogP contribution in [0.4, 0.5) is 5.69 Å². The van der Waals surface area contributed by atoms with Gasteiger partial charge in [0.15, 0.2) is 0 Å². The van der Waals surface area contributed by atoms with Crippen molar-refractivity contribution in [2.45, 2.75) is 11.8 Å². The summed E-state index contributed by atoms with van der Waals surface area (Å²) in [5, 5.41) is 10.1. The molecule has 2 aromatic rings. The molecule has 0 aliphatic carbocycles. The molecule has 8 heteroatoms. The zero-order chi connectivity index (χ0) is 14.0. The molecule has 100 valence electrons. The van der Waals surface area contributed by atoms with Gasteiger partial charge in [0.05, 0.1) is 16.8 Å². The summed E-state index contributed by atoms with van der Waals surface area (Å²) in [6.45, 7) is 1.79. The Bertz CT molecular complexity index is 722. The van der Waals surface area contributed by atoms with E-state index in [-0.39, 0.29) is 9.77 Å². The van der Waals surface area contributed by atoms with Crippen LogP contribution in [0.2, 0.25) is 0 Å². The molecule has 2 aromatic heterocycles. The molecule has 0 aromatic carbocycles. The maximum absolute atomic E-state index is 12.0. The van der Waals surface area contributed by atoms with Gasteiger partial charge < -0.3 is 5.11 Å². The molecule has 0 saturated carbocycles. The van der Waals surface area contributed by atoms with Crippen LogP contribution < -0.4 is 4.72 Å². The van der Waals surface area contributed by atoms with E-state index in [2.05, 4.69) is 9.71 Å². The Hall–Kier alpha value is -1.93. The van der Waals surface area contributed by atoms with E-state index >= 15 is 0 Å². The summed E-state index contributed by atoms with van der Waals surface area (Å²) in [6, 6.07) is 2.76. The van der Waals surface area contributed by atoms with Crippen molar-refractivity contribution in [2.75, 3.05) is 4.72 Å². The summed E-state index contributed by atoms with van der Waals surface area (Å²) in [6.07, 6.45) is 2.99. The molecule has 0 saturated heterocycles. The largest absolute Gasteiger partial charge is 0.477 e. The number of aromatic nitrogens is 1. The monoisotopic (exact) mass is 298 g/mol. The molecule has 0 unspecified atom stereocenters. The molecule has 0 fully saturated rings. The minimum Gasteiger partial charge on any atom is -0.477 e. The van der Waals surface area contributed by atoms with E-state index in [1.807, 2.05) is 0 Å². The number of carboxylic acids is 1. The molecular formula is C11H10N2O4S2. The normalized spacial score (nSPS) is 11.2. The van der Waals surface area contributed by atoms with E-state index < -0.39 is 16.0 Å². The van der Waals surface area contributed by atoms with Gasteiger partial charge in [-0.25, -0.2) is 13.2 Å². The maximum Gasteiger partial charge on any atom is 0.345 e. The zero-order valence-corrected chi connectivity index (χ0v) is 11.5. The molecule has 2 N–H and O–H groups in total. The number of carbonyl (C=O) groups is 1. The van der Waals surface area contributed by atoms with Gasteiger partial charge in [0, 0.05) is 11.6 Å². The van der Waals surface area contributed by atoms with Gasteiger partial charge in [-0.2, -0.15) is 0 Å². The Morgan fingerprint density at radius 2 is 2.11 bits per heavy atom. The smallest absolute Gasteiger partial charge is 0.345 e. The number of nitrogens with one attached hydrogen (secondary N) is 1. The van der Waals surface area contributed by atoms with Gasteiger partial charge in [0.2, 0.25) is 0 Å².